The highest BCUT2D eigenvalue weighted by atomic mass is 16.5. The summed E-state index contributed by atoms with van der Waals surface area (Å²) in [6.07, 6.45) is 0.457. The number of para-hydroxylation sites is 1. The number of methoxy groups -OCH3 is 1. The number of amides is 1. The molecule has 0 saturated heterocycles. The van der Waals surface area contributed by atoms with Gasteiger partial charge in [-0.2, -0.15) is 0 Å². The van der Waals surface area contributed by atoms with Crippen molar-refractivity contribution in [3.63, 3.8) is 0 Å². The minimum Gasteiger partial charge on any atom is -0.468 e. The predicted molar refractivity (Wildman–Crippen MR) is 99.5 cm³/mol. The molecule has 1 aliphatic heterocycles. The zero-order valence-corrected chi connectivity index (χ0v) is 15.3. The number of rotatable bonds is 6. The highest BCUT2D eigenvalue weighted by Gasteiger charge is 2.51. The number of hydrogen-bond acceptors (Lipinski definition) is 5. The van der Waals surface area contributed by atoms with Crippen molar-refractivity contribution in [2.45, 2.75) is 25.4 Å². The van der Waals surface area contributed by atoms with Gasteiger partial charge in [0.2, 0.25) is 0 Å². The van der Waals surface area contributed by atoms with Crippen molar-refractivity contribution in [1.82, 2.24) is 0 Å². The number of aryl methyl sites for hydroxylation is 1. The van der Waals surface area contributed by atoms with Gasteiger partial charge in [-0.05, 0) is 18.1 Å². The molecule has 0 fully saturated rings. The Morgan fingerprint density at radius 1 is 1.11 bits per heavy atom. The fourth-order valence-corrected chi connectivity index (χ4v) is 3.29. The second kappa shape index (κ2) is 7.32. The van der Waals surface area contributed by atoms with Gasteiger partial charge in [-0.25, -0.2) is 0 Å². The van der Waals surface area contributed by atoms with Gasteiger partial charge in [-0.3, -0.25) is 19.3 Å². The van der Waals surface area contributed by atoms with E-state index in [1.54, 1.807) is 36.4 Å². The number of esters is 1. The predicted octanol–water partition coefficient (Wildman–Crippen LogP) is 2.23. The minimum absolute atomic E-state index is 0.317. The second-order valence-corrected chi connectivity index (χ2v) is 6.50. The Bertz CT molecular complexity index is 890. The number of ketones is 1. The molecule has 0 saturated carbocycles. The average Bonchev–Trinajstić information content (AvgIpc) is 2.90. The lowest BCUT2D eigenvalue weighted by molar-refractivity contribution is -0.142. The molecule has 2 aromatic carbocycles. The molecule has 0 spiro atoms. The number of fused-ring (bicyclic) bond motifs is 1. The smallest absolute Gasteiger partial charge is 0.325 e. The monoisotopic (exact) mass is 367 g/mol. The van der Waals surface area contributed by atoms with E-state index in [4.69, 9.17) is 0 Å². The summed E-state index contributed by atoms with van der Waals surface area (Å²) in [6, 6.07) is 13.7. The molecule has 1 amide bonds. The number of ether oxygens (including phenoxy) is 1. The summed E-state index contributed by atoms with van der Waals surface area (Å²) in [4.78, 5) is 38.5. The first-order chi connectivity index (χ1) is 12.9. The van der Waals surface area contributed by atoms with Crippen LogP contribution in [0.3, 0.4) is 0 Å². The summed E-state index contributed by atoms with van der Waals surface area (Å²) in [6.45, 7) is 1.69. The maximum atomic E-state index is 12.9. The van der Waals surface area contributed by atoms with E-state index in [1.165, 1.54) is 7.11 Å². The average molecular weight is 367 g/mol. The molecule has 2 aromatic rings. The summed E-state index contributed by atoms with van der Waals surface area (Å²) < 4.78 is 4.63. The molecule has 140 valence electrons. The van der Waals surface area contributed by atoms with Crippen LogP contribution >= 0.6 is 0 Å². The fourth-order valence-electron chi connectivity index (χ4n) is 3.29. The molecule has 6 nitrogen and oxygen atoms in total. The van der Waals surface area contributed by atoms with E-state index in [2.05, 4.69) is 4.74 Å². The summed E-state index contributed by atoms with van der Waals surface area (Å²) >= 11 is 0. The lowest BCUT2D eigenvalue weighted by Gasteiger charge is -2.22. The maximum absolute atomic E-state index is 12.9. The van der Waals surface area contributed by atoms with E-state index in [9.17, 15) is 19.5 Å². The van der Waals surface area contributed by atoms with Crippen LogP contribution in [0.25, 0.3) is 0 Å². The highest BCUT2D eigenvalue weighted by molar-refractivity contribution is 6.12. The lowest BCUT2D eigenvalue weighted by atomic mass is 9.88. The highest BCUT2D eigenvalue weighted by Crippen LogP contribution is 2.42. The molecule has 27 heavy (non-hydrogen) atoms. The van der Waals surface area contributed by atoms with Crippen molar-refractivity contribution < 1.29 is 24.2 Å². The quantitative estimate of drug-likeness (QED) is 0.625. The summed E-state index contributed by atoms with van der Waals surface area (Å²) in [7, 11) is 1.23. The van der Waals surface area contributed by atoms with Crippen LogP contribution in [0.4, 0.5) is 5.69 Å². The number of carbonyl (C=O) groups is 3. The number of benzene rings is 2. The van der Waals surface area contributed by atoms with E-state index in [0.29, 0.717) is 16.8 Å². The Kier molecular flexibility index (Phi) is 5.10. The van der Waals surface area contributed by atoms with Gasteiger partial charge >= 0.3 is 5.97 Å². The molecule has 1 aliphatic rings. The van der Waals surface area contributed by atoms with Crippen molar-refractivity contribution in [2.24, 2.45) is 0 Å². The number of Topliss-reactive ketones (excluding diaryl/α,β-unsaturated/α-hetero) is 1. The van der Waals surface area contributed by atoms with E-state index in [0.717, 1.165) is 16.9 Å². The SMILES string of the molecule is CCc1ccc(C(=O)C[C@@]2(O)C(=O)N(CC(=O)OC)c3ccccc32)cc1. The molecule has 1 N–H and O–H groups in total. The molecule has 1 heterocycles. The topological polar surface area (TPSA) is 83.9 Å². The Morgan fingerprint density at radius 3 is 2.41 bits per heavy atom. The third-order valence-corrected chi connectivity index (χ3v) is 4.85. The first-order valence-electron chi connectivity index (χ1n) is 8.73. The fraction of sp³-hybridized carbons (Fsp3) is 0.286. The molecule has 0 aliphatic carbocycles. The van der Waals surface area contributed by atoms with E-state index in [1.807, 2.05) is 19.1 Å². The van der Waals surface area contributed by atoms with Crippen LogP contribution in [-0.4, -0.2) is 36.4 Å². The van der Waals surface area contributed by atoms with Gasteiger partial charge in [0.1, 0.15) is 6.54 Å². The Hall–Kier alpha value is -2.99. The summed E-state index contributed by atoms with van der Waals surface area (Å²) in [5.41, 5.74) is 0.238. The zero-order valence-electron chi connectivity index (χ0n) is 15.3. The van der Waals surface area contributed by atoms with Crippen molar-refractivity contribution in [2.75, 3.05) is 18.6 Å². The number of nitrogens with zero attached hydrogens (tertiary/aromatic N) is 1. The van der Waals surface area contributed by atoms with Crippen LogP contribution in [0.1, 0.15) is 34.8 Å². The normalized spacial score (nSPS) is 18.3. The molecule has 0 aromatic heterocycles. The molecule has 3 rings (SSSR count). The van der Waals surface area contributed by atoms with Crippen molar-refractivity contribution in [1.29, 1.82) is 0 Å². The van der Waals surface area contributed by atoms with Gasteiger partial charge in [0.15, 0.2) is 11.4 Å². The van der Waals surface area contributed by atoms with Gasteiger partial charge < -0.3 is 9.84 Å². The van der Waals surface area contributed by atoms with Gasteiger partial charge in [0.05, 0.1) is 19.2 Å². The van der Waals surface area contributed by atoms with Crippen LogP contribution < -0.4 is 4.90 Å². The van der Waals surface area contributed by atoms with Crippen LogP contribution in [0.2, 0.25) is 0 Å². The van der Waals surface area contributed by atoms with Crippen LogP contribution in [0, 0.1) is 0 Å². The third kappa shape index (κ3) is 3.36. The molecule has 0 bridgehead atoms. The maximum Gasteiger partial charge on any atom is 0.325 e. The lowest BCUT2D eigenvalue weighted by Crippen LogP contribution is -2.43. The van der Waals surface area contributed by atoms with E-state index in [-0.39, 0.29) is 12.3 Å². The largest absolute Gasteiger partial charge is 0.468 e. The second-order valence-electron chi connectivity index (χ2n) is 6.50. The van der Waals surface area contributed by atoms with Crippen LogP contribution in [-0.2, 0) is 26.3 Å². The van der Waals surface area contributed by atoms with Crippen molar-refractivity contribution in [3.8, 4) is 0 Å². The summed E-state index contributed by atoms with van der Waals surface area (Å²) in [5.74, 6) is -1.65. The van der Waals surface area contributed by atoms with Gasteiger partial charge in [-0.1, -0.05) is 49.4 Å². The number of hydrogen-bond donors (Lipinski definition) is 1. The minimum atomic E-state index is -2.01. The zero-order chi connectivity index (χ0) is 19.6. The Morgan fingerprint density at radius 2 is 1.78 bits per heavy atom. The number of aliphatic hydroxyl groups is 1. The van der Waals surface area contributed by atoms with E-state index >= 15 is 0 Å². The standard InChI is InChI=1S/C21H21NO5/c1-3-14-8-10-15(11-9-14)18(23)12-21(26)16-6-4-5-7-17(16)22(20(21)25)13-19(24)27-2/h4-11,26H,3,12-13H2,1-2H3/t21-/m0/s1. The number of carbonyl (C=O) groups excluding carboxylic acids is 3. The van der Waals surface area contributed by atoms with Gasteiger partial charge in [0.25, 0.3) is 5.91 Å². The third-order valence-electron chi connectivity index (χ3n) is 4.85. The Labute approximate surface area is 157 Å². The van der Waals surface area contributed by atoms with Crippen LogP contribution in [0.15, 0.2) is 48.5 Å². The van der Waals surface area contributed by atoms with Crippen molar-refractivity contribution in [3.05, 3.63) is 65.2 Å². The Balaban J connectivity index is 1.92. The molecule has 0 unspecified atom stereocenters. The van der Waals surface area contributed by atoms with Gasteiger partial charge in [-0.15, -0.1) is 0 Å². The van der Waals surface area contributed by atoms with Gasteiger partial charge in [0, 0.05) is 11.1 Å². The first-order valence-corrected chi connectivity index (χ1v) is 8.73. The van der Waals surface area contributed by atoms with E-state index < -0.39 is 23.9 Å². The molecular weight excluding hydrogens is 346 g/mol. The number of anilines is 1. The molecule has 1 atom stereocenters. The molecule has 6 heteroatoms. The summed E-state index contributed by atoms with van der Waals surface area (Å²) in [5, 5.41) is 11.1. The first kappa shape index (κ1) is 18.8. The molecular formula is C21H21NO5. The van der Waals surface area contributed by atoms with Crippen LogP contribution in [0.5, 0.6) is 0 Å². The molecule has 0 radical (unpaired) electrons. The van der Waals surface area contributed by atoms with Crippen molar-refractivity contribution >= 4 is 23.3 Å².